The average molecular weight is 1000 g/mol. The summed E-state index contributed by atoms with van der Waals surface area (Å²) in [6, 6.07) is 0. The van der Waals surface area contributed by atoms with Crippen molar-refractivity contribution in [3.63, 3.8) is 0 Å². The van der Waals surface area contributed by atoms with Crippen LogP contribution in [-0.2, 0) is 42.9 Å². The van der Waals surface area contributed by atoms with Gasteiger partial charge in [-0.2, -0.15) is 0 Å². The quantitative estimate of drug-likeness (QED) is 0.0228. The van der Waals surface area contributed by atoms with E-state index in [1.165, 1.54) is 51.4 Å². The summed E-state index contributed by atoms with van der Waals surface area (Å²) in [5, 5.41) is 31.4. The Morgan fingerprint density at radius 1 is 0.479 bits per heavy atom. The summed E-state index contributed by atoms with van der Waals surface area (Å²) in [5.41, 5.74) is 0. The van der Waals surface area contributed by atoms with E-state index in [0.717, 1.165) is 128 Å². The van der Waals surface area contributed by atoms with Crippen molar-refractivity contribution >= 4 is 23.9 Å². The van der Waals surface area contributed by atoms with Crippen LogP contribution in [0, 0.1) is 0 Å². The first-order valence-corrected chi connectivity index (χ1v) is 28.3. The van der Waals surface area contributed by atoms with E-state index in [1.54, 1.807) is 0 Å². The molecule has 0 radical (unpaired) electrons. The fourth-order valence-electron chi connectivity index (χ4n) is 8.18. The standard InChI is InChI=1S/C59H100O12/c1-4-7-10-13-16-19-22-24-26-28-31-33-36-39-42-45-51(60)67-48-50(69-52(61)46-43-40-37-35-32-29-27-25-23-20-17-14-11-8-5-2)49-68-59-57(55(64)54(63)56(71-59)58(65)66)70-53(62)47-44-41-38-34-30-21-18-15-12-9-6-3/h7,10,15-16,18-19,24-27,50,54-57,59,63-64H,4-6,8-9,11-14,17,20-23,28-49H2,1-3H3,(H,65,66)/b10-7-,18-15-,19-16-,26-24-,27-25-. The average Bonchev–Trinajstić information content (AvgIpc) is 3.35. The molecule has 0 aromatic carbocycles. The van der Waals surface area contributed by atoms with E-state index in [1.807, 2.05) is 0 Å². The summed E-state index contributed by atoms with van der Waals surface area (Å²) in [6.07, 6.45) is 44.9. The van der Waals surface area contributed by atoms with Crippen LogP contribution in [0.2, 0.25) is 0 Å². The molecule has 0 bridgehead atoms. The Hall–Kier alpha value is -3.58. The van der Waals surface area contributed by atoms with E-state index in [-0.39, 0.29) is 25.9 Å². The number of carbonyl (C=O) groups is 4. The highest BCUT2D eigenvalue weighted by Gasteiger charge is 2.50. The van der Waals surface area contributed by atoms with Crippen LogP contribution in [-0.4, -0.2) is 89.2 Å². The maximum Gasteiger partial charge on any atom is 0.335 e. The van der Waals surface area contributed by atoms with Crippen LogP contribution in [0.5, 0.6) is 0 Å². The lowest BCUT2D eigenvalue weighted by atomic mass is 9.98. The van der Waals surface area contributed by atoms with E-state index in [9.17, 15) is 34.5 Å². The second-order valence-corrected chi connectivity index (χ2v) is 19.2. The van der Waals surface area contributed by atoms with Crippen LogP contribution in [0.1, 0.15) is 239 Å². The molecule has 1 rings (SSSR count). The molecular formula is C59H100O12. The molecule has 0 aromatic rings. The lowest BCUT2D eigenvalue weighted by molar-refractivity contribution is -0.301. The molecule has 1 fully saturated rings. The van der Waals surface area contributed by atoms with Gasteiger partial charge in [-0.15, -0.1) is 0 Å². The SMILES string of the molecule is CC/C=C\C/C=C\C/C=C\CCCCCCCC(=O)OCC(COC1OC(C(=O)O)C(O)C(O)C1OC(=O)CCCCCCC/C=C\CCCC)OC(=O)CCCCCCC/C=C\CCCCCCCC. The summed E-state index contributed by atoms with van der Waals surface area (Å²) >= 11 is 0. The molecule has 1 heterocycles. The lowest BCUT2D eigenvalue weighted by Crippen LogP contribution is -2.61. The summed E-state index contributed by atoms with van der Waals surface area (Å²) in [5.74, 6) is -3.16. The first-order valence-electron chi connectivity index (χ1n) is 28.3. The smallest absolute Gasteiger partial charge is 0.335 e. The number of aliphatic hydroxyl groups excluding tert-OH is 2. The summed E-state index contributed by atoms with van der Waals surface area (Å²) in [4.78, 5) is 51.0. The number of carbonyl (C=O) groups excluding carboxylic acids is 3. The van der Waals surface area contributed by atoms with Gasteiger partial charge in [0.05, 0.1) is 6.61 Å². The first kappa shape index (κ1) is 65.4. The van der Waals surface area contributed by atoms with E-state index in [2.05, 4.69) is 81.5 Å². The number of aliphatic hydroxyl groups is 2. The van der Waals surface area contributed by atoms with Gasteiger partial charge in [0.2, 0.25) is 0 Å². The summed E-state index contributed by atoms with van der Waals surface area (Å²) in [6.45, 7) is 5.80. The zero-order valence-electron chi connectivity index (χ0n) is 44.7. The number of carboxylic acid groups (broad SMARTS) is 1. The molecular weight excluding hydrogens is 901 g/mol. The molecule has 12 heteroatoms. The number of aliphatic carboxylic acids is 1. The minimum atomic E-state index is -1.91. The van der Waals surface area contributed by atoms with Gasteiger partial charge in [0.25, 0.3) is 0 Å². The van der Waals surface area contributed by atoms with Crippen LogP contribution in [0.25, 0.3) is 0 Å². The number of unbranched alkanes of at least 4 members (excludes halogenated alkanes) is 23. The highest BCUT2D eigenvalue weighted by atomic mass is 16.7. The van der Waals surface area contributed by atoms with Crippen LogP contribution in [0.3, 0.4) is 0 Å². The first-order chi connectivity index (χ1) is 34.6. The number of hydrogen-bond acceptors (Lipinski definition) is 11. The largest absolute Gasteiger partial charge is 0.479 e. The Bertz CT molecular complexity index is 1470. The lowest BCUT2D eigenvalue weighted by Gasteiger charge is -2.40. The van der Waals surface area contributed by atoms with Crippen LogP contribution < -0.4 is 0 Å². The third kappa shape index (κ3) is 37.8. The Balaban J connectivity index is 2.73. The van der Waals surface area contributed by atoms with Gasteiger partial charge < -0.3 is 39.0 Å². The second-order valence-electron chi connectivity index (χ2n) is 19.2. The third-order valence-corrected chi connectivity index (χ3v) is 12.5. The maximum absolute atomic E-state index is 13.1. The fraction of sp³-hybridized carbons (Fsp3) is 0.763. The van der Waals surface area contributed by atoms with Gasteiger partial charge in [-0.05, 0) is 96.3 Å². The van der Waals surface area contributed by atoms with Gasteiger partial charge in [-0.3, -0.25) is 14.4 Å². The zero-order chi connectivity index (χ0) is 51.8. The molecule has 0 aromatic heterocycles. The van der Waals surface area contributed by atoms with Gasteiger partial charge in [0.1, 0.15) is 18.8 Å². The van der Waals surface area contributed by atoms with Gasteiger partial charge in [0.15, 0.2) is 24.6 Å². The second kappa shape index (κ2) is 47.4. The molecule has 0 saturated carbocycles. The minimum absolute atomic E-state index is 0.0466. The fourth-order valence-corrected chi connectivity index (χ4v) is 8.18. The van der Waals surface area contributed by atoms with Gasteiger partial charge in [-0.1, -0.05) is 184 Å². The molecule has 0 amide bonds. The molecule has 1 aliphatic heterocycles. The number of carboxylic acids is 1. The van der Waals surface area contributed by atoms with Crippen molar-refractivity contribution in [1.29, 1.82) is 0 Å². The molecule has 1 aliphatic rings. The van der Waals surface area contributed by atoms with Crippen LogP contribution in [0.4, 0.5) is 0 Å². The van der Waals surface area contributed by atoms with E-state index in [0.29, 0.717) is 19.3 Å². The molecule has 12 nitrogen and oxygen atoms in total. The number of ether oxygens (including phenoxy) is 5. The van der Waals surface area contributed by atoms with E-state index in [4.69, 9.17) is 23.7 Å². The molecule has 0 aliphatic carbocycles. The number of allylic oxidation sites excluding steroid dienone is 10. The topological polar surface area (TPSA) is 175 Å². The van der Waals surface area contributed by atoms with Crippen molar-refractivity contribution in [3.05, 3.63) is 60.8 Å². The van der Waals surface area contributed by atoms with Crippen molar-refractivity contribution in [3.8, 4) is 0 Å². The molecule has 71 heavy (non-hydrogen) atoms. The van der Waals surface area contributed by atoms with Crippen molar-refractivity contribution in [2.24, 2.45) is 0 Å². The molecule has 1 saturated heterocycles. The molecule has 6 unspecified atom stereocenters. The molecule has 6 atom stereocenters. The Morgan fingerprint density at radius 2 is 0.901 bits per heavy atom. The maximum atomic E-state index is 13.1. The van der Waals surface area contributed by atoms with Gasteiger partial charge in [-0.25, -0.2) is 4.79 Å². The van der Waals surface area contributed by atoms with Crippen molar-refractivity contribution < 1.29 is 58.2 Å². The highest BCUT2D eigenvalue weighted by Crippen LogP contribution is 2.26. The number of hydrogen-bond donors (Lipinski definition) is 3. The Labute approximate surface area is 430 Å². The van der Waals surface area contributed by atoms with Crippen molar-refractivity contribution in [2.45, 2.75) is 276 Å². The van der Waals surface area contributed by atoms with E-state index >= 15 is 0 Å². The summed E-state index contributed by atoms with van der Waals surface area (Å²) in [7, 11) is 0. The Kier molecular flexibility index (Phi) is 43.7. The predicted octanol–water partition coefficient (Wildman–Crippen LogP) is 14.0. The number of rotatable bonds is 47. The minimum Gasteiger partial charge on any atom is -0.479 e. The normalized spacial score (nSPS) is 18.9. The molecule has 0 spiro atoms. The molecule has 3 N–H and O–H groups in total. The van der Waals surface area contributed by atoms with Crippen LogP contribution in [0.15, 0.2) is 60.8 Å². The molecule has 408 valence electrons. The number of esters is 3. The highest BCUT2D eigenvalue weighted by molar-refractivity contribution is 5.74. The van der Waals surface area contributed by atoms with E-state index < -0.39 is 67.3 Å². The Morgan fingerprint density at radius 3 is 1.41 bits per heavy atom. The monoisotopic (exact) mass is 1000 g/mol. The predicted molar refractivity (Wildman–Crippen MR) is 285 cm³/mol. The summed E-state index contributed by atoms with van der Waals surface area (Å²) < 4.78 is 28.3. The zero-order valence-corrected chi connectivity index (χ0v) is 44.7. The van der Waals surface area contributed by atoms with Gasteiger partial charge >= 0.3 is 23.9 Å². The van der Waals surface area contributed by atoms with Crippen molar-refractivity contribution in [1.82, 2.24) is 0 Å². The van der Waals surface area contributed by atoms with Crippen molar-refractivity contribution in [2.75, 3.05) is 13.2 Å². The van der Waals surface area contributed by atoms with Gasteiger partial charge in [0, 0.05) is 19.3 Å². The van der Waals surface area contributed by atoms with Crippen LogP contribution >= 0.6 is 0 Å². The third-order valence-electron chi connectivity index (χ3n) is 12.5.